The van der Waals surface area contributed by atoms with E-state index in [1.54, 1.807) is 30.3 Å². The highest BCUT2D eigenvalue weighted by atomic mass is 16.5. The molecule has 3 aromatic rings. The molecule has 0 aliphatic heterocycles. The zero-order valence-corrected chi connectivity index (χ0v) is 16.9. The number of aryl methyl sites for hydroxylation is 1. The number of rotatable bonds is 6. The van der Waals surface area contributed by atoms with Crippen LogP contribution < -0.4 is 15.0 Å². The molecule has 6 nitrogen and oxygen atoms in total. The summed E-state index contributed by atoms with van der Waals surface area (Å²) in [4.78, 5) is 13.3. The van der Waals surface area contributed by atoms with Gasteiger partial charge < -0.3 is 9.47 Å². The lowest BCUT2D eigenvalue weighted by Gasteiger charge is -2.16. The Hall–Kier alpha value is -2.76. The van der Waals surface area contributed by atoms with Gasteiger partial charge in [-0.2, -0.15) is 0 Å². The van der Waals surface area contributed by atoms with Crippen LogP contribution in [-0.2, 0) is 7.05 Å². The van der Waals surface area contributed by atoms with Gasteiger partial charge in [0.1, 0.15) is 22.6 Å². The number of fused-ring (bicyclic) bond motifs is 1. The van der Waals surface area contributed by atoms with Crippen molar-refractivity contribution in [3.8, 4) is 22.9 Å². The molecule has 144 valence electrons. The highest BCUT2D eigenvalue weighted by molar-refractivity contribution is 5.73. The number of benzene rings is 1. The molecule has 3 rings (SSSR count). The van der Waals surface area contributed by atoms with Crippen molar-refractivity contribution in [2.24, 2.45) is 7.05 Å². The zero-order chi connectivity index (χ0) is 19.7. The van der Waals surface area contributed by atoms with Crippen LogP contribution in [0.5, 0.6) is 11.5 Å². The van der Waals surface area contributed by atoms with E-state index in [0.29, 0.717) is 34.3 Å². The average molecular weight is 369 g/mol. The lowest BCUT2D eigenvalue weighted by molar-refractivity contribution is 0.396. The Balaban J connectivity index is 2.39. The SMILES string of the molecule is CCC(CC)c1cc(C)n2nc(-c3c(OC)cccc3OC)n(C)c(=O)c12. The molecule has 2 aromatic heterocycles. The molecule has 0 spiro atoms. The van der Waals surface area contributed by atoms with Crippen molar-refractivity contribution in [2.45, 2.75) is 39.5 Å². The van der Waals surface area contributed by atoms with Crippen LogP contribution in [0.25, 0.3) is 16.9 Å². The van der Waals surface area contributed by atoms with Crippen LogP contribution in [0.2, 0.25) is 0 Å². The summed E-state index contributed by atoms with van der Waals surface area (Å²) in [5.74, 6) is 2.08. The van der Waals surface area contributed by atoms with Crippen LogP contribution in [-0.4, -0.2) is 28.4 Å². The fraction of sp³-hybridized carbons (Fsp3) is 0.429. The standard InChI is InChI=1S/C21H27N3O3/c1-7-14(8-2)15-12-13(3)24-19(15)21(25)23(4)20(22-24)18-16(26-5)10-9-11-17(18)27-6/h9-12,14H,7-8H2,1-6H3. The summed E-state index contributed by atoms with van der Waals surface area (Å²) in [6, 6.07) is 7.62. The van der Waals surface area contributed by atoms with Gasteiger partial charge in [-0.25, -0.2) is 4.52 Å². The normalized spacial score (nSPS) is 11.4. The van der Waals surface area contributed by atoms with Gasteiger partial charge >= 0.3 is 0 Å². The van der Waals surface area contributed by atoms with Gasteiger partial charge in [0.15, 0.2) is 5.82 Å². The maximum atomic E-state index is 13.3. The lowest BCUT2D eigenvalue weighted by atomic mass is 9.95. The Morgan fingerprint density at radius 1 is 1.11 bits per heavy atom. The highest BCUT2D eigenvalue weighted by Crippen LogP contribution is 2.37. The monoisotopic (exact) mass is 369 g/mol. The molecule has 1 aromatic carbocycles. The topological polar surface area (TPSA) is 57.8 Å². The van der Waals surface area contributed by atoms with E-state index in [1.165, 1.54) is 0 Å². The fourth-order valence-electron chi connectivity index (χ4n) is 3.74. The van der Waals surface area contributed by atoms with Gasteiger partial charge in [-0.1, -0.05) is 19.9 Å². The minimum absolute atomic E-state index is 0.0667. The molecule has 0 aliphatic carbocycles. The molecular weight excluding hydrogens is 342 g/mol. The summed E-state index contributed by atoms with van der Waals surface area (Å²) in [6.07, 6.45) is 1.97. The van der Waals surface area contributed by atoms with E-state index < -0.39 is 0 Å². The summed E-state index contributed by atoms with van der Waals surface area (Å²) in [5.41, 5.74) is 3.27. The second kappa shape index (κ2) is 7.47. The quantitative estimate of drug-likeness (QED) is 0.661. The third-order valence-electron chi connectivity index (χ3n) is 5.28. The maximum absolute atomic E-state index is 13.3. The number of methoxy groups -OCH3 is 2. The van der Waals surface area contributed by atoms with Crippen molar-refractivity contribution in [3.63, 3.8) is 0 Å². The van der Waals surface area contributed by atoms with Gasteiger partial charge in [-0.05, 0) is 49.4 Å². The second-order valence-corrected chi connectivity index (χ2v) is 6.74. The molecule has 0 atom stereocenters. The summed E-state index contributed by atoms with van der Waals surface area (Å²) in [6.45, 7) is 6.28. The summed E-state index contributed by atoms with van der Waals surface area (Å²) in [5, 5.41) is 4.81. The Bertz CT molecular complexity index is 1010. The predicted molar refractivity (Wildman–Crippen MR) is 107 cm³/mol. The summed E-state index contributed by atoms with van der Waals surface area (Å²) >= 11 is 0. The van der Waals surface area contributed by atoms with Crippen LogP contribution in [0, 0.1) is 6.92 Å². The molecule has 0 amide bonds. The molecule has 0 saturated heterocycles. The fourth-order valence-corrected chi connectivity index (χ4v) is 3.74. The molecule has 0 aliphatic rings. The first-order chi connectivity index (χ1) is 13.0. The lowest BCUT2D eigenvalue weighted by Crippen LogP contribution is -2.24. The van der Waals surface area contributed by atoms with E-state index in [2.05, 4.69) is 19.9 Å². The van der Waals surface area contributed by atoms with Crippen molar-refractivity contribution in [2.75, 3.05) is 14.2 Å². The van der Waals surface area contributed by atoms with Gasteiger partial charge in [0, 0.05) is 12.7 Å². The molecule has 0 radical (unpaired) electrons. The van der Waals surface area contributed by atoms with Crippen molar-refractivity contribution >= 4 is 5.52 Å². The van der Waals surface area contributed by atoms with E-state index >= 15 is 0 Å². The summed E-state index contributed by atoms with van der Waals surface area (Å²) in [7, 11) is 4.94. The van der Waals surface area contributed by atoms with Gasteiger partial charge in [-0.3, -0.25) is 9.36 Å². The number of ether oxygens (including phenoxy) is 2. The number of hydrogen-bond donors (Lipinski definition) is 0. The number of nitrogens with zero attached hydrogens (tertiary/aromatic N) is 3. The van der Waals surface area contributed by atoms with E-state index in [0.717, 1.165) is 24.1 Å². The van der Waals surface area contributed by atoms with Crippen LogP contribution in [0.3, 0.4) is 0 Å². The highest BCUT2D eigenvalue weighted by Gasteiger charge is 2.23. The van der Waals surface area contributed by atoms with Gasteiger partial charge in [0.25, 0.3) is 5.56 Å². The molecule has 27 heavy (non-hydrogen) atoms. The first-order valence-corrected chi connectivity index (χ1v) is 9.28. The Morgan fingerprint density at radius 2 is 1.70 bits per heavy atom. The van der Waals surface area contributed by atoms with E-state index in [4.69, 9.17) is 14.6 Å². The minimum Gasteiger partial charge on any atom is -0.496 e. The van der Waals surface area contributed by atoms with Crippen molar-refractivity contribution in [1.82, 2.24) is 14.2 Å². The van der Waals surface area contributed by atoms with E-state index in [1.807, 2.05) is 25.1 Å². The molecule has 2 heterocycles. The van der Waals surface area contributed by atoms with Crippen LogP contribution in [0.1, 0.15) is 43.9 Å². The number of hydrogen-bond acceptors (Lipinski definition) is 4. The summed E-state index contributed by atoms with van der Waals surface area (Å²) < 4.78 is 14.4. The Morgan fingerprint density at radius 3 is 2.22 bits per heavy atom. The molecule has 0 unspecified atom stereocenters. The van der Waals surface area contributed by atoms with Crippen LogP contribution >= 0.6 is 0 Å². The van der Waals surface area contributed by atoms with E-state index in [9.17, 15) is 4.79 Å². The second-order valence-electron chi connectivity index (χ2n) is 6.74. The van der Waals surface area contributed by atoms with Crippen LogP contribution in [0.4, 0.5) is 0 Å². The number of aromatic nitrogens is 3. The molecule has 0 fully saturated rings. The van der Waals surface area contributed by atoms with Crippen molar-refractivity contribution < 1.29 is 9.47 Å². The minimum atomic E-state index is -0.0667. The largest absolute Gasteiger partial charge is 0.496 e. The van der Waals surface area contributed by atoms with E-state index in [-0.39, 0.29) is 5.56 Å². The third-order valence-corrected chi connectivity index (χ3v) is 5.28. The third kappa shape index (κ3) is 2.99. The molecule has 0 saturated carbocycles. The molecule has 6 heteroatoms. The Kier molecular flexibility index (Phi) is 5.26. The smallest absolute Gasteiger partial charge is 0.278 e. The van der Waals surface area contributed by atoms with Gasteiger partial charge in [0.05, 0.1) is 14.2 Å². The van der Waals surface area contributed by atoms with Crippen molar-refractivity contribution in [3.05, 3.63) is 45.9 Å². The first-order valence-electron chi connectivity index (χ1n) is 9.28. The Labute approximate surface area is 159 Å². The van der Waals surface area contributed by atoms with Gasteiger partial charge in [0.2, 0.25) is 0 Å². The molecule has 0 bridgehead atoms. The van der Waals surface area contributed by atoms with Crippen LogP contribution in [0.15, 0.2) is 29.1 Å². The molecular formula is C21H27N3O3. The average Bonchev–Trinajstić information content (AvgIpc) is 3.01. The maximum Gasteiger partial charge on any atom is 0.278 e. The zero-order valence-electron chi connectivity index (χ0n) is 16.9. The van der Waals surface area contributed by atoms with Gasteiger partial charge in [-0.15, -0.1) is 5.10 Å². The van der Waals surface area contributed by atoms with Crippen molar-refractivity contribution in [1.29, 1.82) is 0 Å². The first kappa shape index (κ1) is 19.0. The molecule has 0 N–H and O–H groups in total. The predicted octanol–water partition coefficient (Wildman–Crippen LogP) is 3.93.